The van der Waals surface area contributed by atoms with Crippen LogP contribution in [0, 0.1) is 12.7 Å². The van der Waals surface area contributed by atoms with Gasteiger partial charge in [0.15, 0.2) is 5.78 Å². The van der Waals surface area contributed by atoms with Gasteiger partial charge in [0.25, 0.3) is 0 Å². The molecule has 5 rings (SSSR count). The predicted octanol–water partition coefficient (Wildman–Crippen LogP) is 6.05. The first-order valence-corrected chi connectivity index (χ1v) is 11.2. The summed E-state index contributed by atoms with van der Waals surface area (Å²) in [6.45, 7) is 3.53. The third kappa shape index (κ3) is 3.74. The average molecular weight is 441 g/mol. The number of benzene rings is 3. The third-order valence-electron chi connectivity index (χ3n) is 6.57. The van der Waals surface area contributed by atoms with Crippen molar-refractivity contribution in [3.63, 3.8) is 0 Å². The predicted molar refractivity (Wildman–Crippen MR) is 128 cm³/mol. The van der Waals surface area contributed by atoms with Crippen LogP contribution in [0.5, 0.6) is 0 Å². The number of hydrogen-bond donors (Lipinski definition) is 1. The molecule has 1 heterocycles. The SMILES string of the molecule is CC(=O)N1c2ccccc2NC2=C(C(=O)C[C@H](c3ccccc3F)C2)[C@@H]1c1ccc(C)cc1. The maximum Gasteiger partial charge on any atom is 0.224 e. The summed E-state index contributed by atoms with van der Waals surface area (Å²) in [7, 11) is 0. The highest BCUT2D eigenvalue weighted by Crippen LogP contribution is 2.47. The van der Waals surface area contributed by atoms with Gasteiger partial charge in [-0.25, -0.2) is 4.39 Å². The Hall–Kier alpha value is -3.73. The Bertz CT molecular complexity index is 1280. The summed E-state index contributed by atoms with van der Waals surface area (Å²) < 4.78 is 14.6. The number of anilines is 2. The van der Waals surface area contributed by atoms with Gasteiger partial charge >= 0.3 is 0 Å². The second-order valence-corrected chi connectivity index (χ2v) is 8.79. The number of Topliss-reactive ketones (excluding diaryl/α,β-unsaturated/α-hetero) is 1. The zero-order chi connectivity index (χ0) is 23.1. The van der Waals surface area contributed by atoms with Gasteiger partial charge in [-0.3, -0.25) is 14.5 Å². The van der Waals surface area contributed by atoms with Crippen LogP contribution in [0.15, 0.2) is 84.1 Å². The molecule has 0 saturated carbocycles. The number of nitrogens with zero attached hydrogens (tertiary/aromatic N) is 1. The lowest BCUT2D eigenvalue weighted by Crippen LogP contribution is -2.37. The lowest BCUT2D eigenvalue weighted by Gasteiger charge is -2.34. The molecule has 0 bridgehead atoms. The van der Waals surface area contributed by atoms with Gasteiger partial charge in [0.1, 0.15) is 5.82 Å². The van der Waals surface area contributed by atoms with Gasteiger partial charge in [0.05, 0.1) is 17.4 Å². The van der Waals surface area contributed by atoms with Gasteiger partial charge in [-0.15, -0.1) is 0 Å². The Morgan fingerprint density at radius 1 is 0.970 bits per heavy atom. The van der Waals surface area contributed by atoms with E-state index in [0.29, 0.717) is 17.6 Å². The van der Waals surface area contributed by atoms with Gasteiger partial charge in [0.2, 0.25) is 5.91 Å². The van der Waals surface area contributed by atoms with E-state index < -0.39 is 6.04 Å². The van der Waals surface area contributed by atoms with Crippen molar-refractivity contribution in [2.24, 2.45) is 0 Å². The van der Waals surface area contributed by atoms with Crippen LogP contribution in [-0.2, 0) is 9.59 Å². The number of hydrogen-bond acceptors (Lipinski definition) is 3. The highest BCUT2D eigenvalue weighted by molar-refractivity contribution is 6.06. The smallest absolute Gasteiger partial charge is 0.224 e. The minimum Gasteiger partial charge on any atom is -0.357 e. The number of allylic oxidation sites excluding steroid dienone is 1. The van der Waals surface area contributed by atoms with Crippen LogP contribution in [-0.4, -0.2) is 11.7 Å². The standard InChI is InChI=1S/C28H25FN2O2/c1-17-11-13-19(14-12-17)28-27-24(30-23-9-5-6-10-25(23)31(28)18(2)32)15-20(16-26(27)33)21-7-3-4-8-22(21)29/h3-14,20,28,30H,15-16H2,1-2H3/t20-,28+/m1/s1. The largest absolute Gasteiger partial charge is 0.357 e. The number of carbonyl (C=O) groups is 2. The number of para-hydroxylation sites is 2. The molecule has 1 N–H and O–H groups in total. The summed E-state index contributed by atoms with van der Waals surface area (Å²) in [5.41, 5.74) is 5.34. The highest BCUT2D eigenvalue weighted by atomic mass is 19.1. The molecule has 2 aliphatic rings. The van der Waals surface area contributed by atoms with Crippen LogP contribution in [0.4, 0.5) is 15.8 Å². The van der Waals surface area contributed by atoms with Crippen LogP contribution in [0.25, 0.3) is 0 Å². The molecule has 0 aromatic heterocycles. The molecular weight excluding hydrogens is 415 g/mol. The third-order valence-corrected chi connectivity index (χ3v) is 6.57. The maximum absolute atomic E-state index is 14.6. The van der Waals surface area contributed by atoms with E-state index in [9.17, 15) is 14.0 Å². The summed E-state index contributed by atoms with van der Waals surface area (Å²) in [6, 6.07) is 21.6. The molecule has 3 aromatic carbocycles. The van der Waals surface area contributed by atoms with Crippen LogP contribution in [0.2, 0.25) is 0 Å². The van der Waals surface area contributed by atoms with E-state index in [1.54, 1.807) is 23.1 Å². The van der Waals surface area contributed by atoms with Crippen molar-refractivity contribution in [3.8, 4) is 0 Å². The Balaban J connectivity index is 1.71. The number of fused-ring (bicyclic) bond motifs is 1. The number of rotatable bonds is 2. The summed E-state index contributed by atoms with van der Waals surface area (Å²) in [5, 5.41) is 3.45. The molecule has 0 spiro atoms. The van der Waals surface area contributed by atoms with Crippen molar-refractivity contribution < 1.29 is 14.0 Å². The highest BCUT2D eigenvalue weighted by Gasteiger charge is 2.41. The van der Waals surface area contributed by atoms with Crippen molar-refractivity contribution in [2.45, 2.75) is 38.6 Å². The molecule has 1 aliphatic heterocycles. The zero-order valence-electron chi connectivity index (χ0n) is 18.6. The first-order valence-electron chi connectivity index (χ1n) is 11.2. The number of nitrogens with one attached hydrogen (secondary N) is 1. The summed E-state index contributed by atoms with van der Waals surface area (Å²) in [5.74, 6) is -0.775. The van der Waals surface area contributed by atoms with Crippen molar-refractivity contribution in [3.05, 3.63) is 107 Å². The zero-order valence-corrected chi connectivity index (χ0v) is 18.6. The molecule has 5 heteroatoms. The van der Waals surface area contributed by atoms with Crippen molar-refractivity contribution in [2.75, 3.05) is 10.2 Å². The van der Waals surface area contributed by atoms with E-state index in [1.807, 2.05) is 55.5 Å². The summed E-state index contributed by atoms with van der Waals surface area (Å²) >= 11 is 0. The van der Waals surface area contributed by atoms with Crippen LogP contribution >= 0.6 is 0 Å². The number of aryl methyl sites for hydroxylation is 1. The second kappa shape index (κ2) is 8.32. The van der Waals surface area contributed by atoms with Gasteiger partial charge in [-0.05, 0) is 48.6 Å². The minimum atomic E-state index is -0.552. The molecule has 1 amide bonds. The van der Waals surface area contributed by atoms with Crippen LogP contribution in [0.3, 0.4) is 0 Å². The molecule has 33 heavy (non-hydrogen) atoms. The Morgan fingerprint density at radius 3 is 2.39 bits per heavy atom. The molecule has 1 aliphatic carbocycles. The molecule has 0 saturated heterocycles. The van der Waals surface area contributed by atoms with E-state index in [1.165, 1.54) is 13.0 Å². The average Bonchev–Trinajstić information content (AvgIpc) is 2.94. The Morgan fingerprint density at radius 2 is 1.67 bits per heavy atom. The fourth-order valence-corrected chi connectivity index (χ4v) is 5.03. The molecule has 4 nitrogen and oxygen atoms in total. The summed E-state index contributed by atoms with van der Waals surface area (Å²) in [4.78, 5) is 28.4. The van der Waals surface area contributed by atoms with Gasteiger partial charge in [0, 0.05) is 24.6 Å². The Kier molecular flexibility index (Phi) is 5.33. The van der Waals surface area contributed by atoms with Gasteiger partial charge < -0.3 is 5.32 Å². The topological polar surface area (TPSA) is 49.4 Å². The molecule has 3 aromatic rings. The lowest BCUT2D eigenvalue weighted by molar-refractivity contribution is -0.117. The monoisotopic (exact) mass is 440 g/mol. The molecule has 0 unspecified atom stereocenters. The van der Waals surface area contributed by atoms with E-state index in [4.69, 9.17) is 0 Å². The maximum atomic E-state index is 14.6. The fraction of sp³-hybridized carbons (Fsp3) is 0.214. The fourth-order valence-electron chi connectivity index (χ4n) is 5.03. The van der Waals surface area contributed by atoms with Gasteiger partial charge in [-0.1, -0.05) is 60.2 Å². The lowest BCUT2D eigenvalue weighted by atomic mass is 9.78. The van der Waals surface area contributed by atoms with E-state index >= 15 is 0 Å². The number of carbonyl (C=O) groups excluding carboxylic acids is 2. The quantitative estimate of drug-likeness (QED) is 0.527. The van der Waals surface area contributed by atoms with Crippen molar-refractivity contribution in [1.29, 1.82) is 0 Å². The summed E-state index contributed by atoms with van der Waals surface area (Å²) in [6.07, 6.45) is 0.691. The Labute approximate surface area is 192 Å². The molecular formula is C28H25FN2O2. The molecule has 0 radical (unpaired) electrons. The molecule has 0 fully saturated rings. The molecule has 2 atom stereocenters. The van der Waals surface area contributed by atoms with Crippen molar-refractivity contribution >= 4 is 23.1 Å². The van der Waals surface area contributed by atoms with Crippen LogP contribution in [0.1, 0.15) is 48.4 Å². The van der Waals surface area contributed by atoms with E-state index in [-0.39, 0.29) is 29.8 Å². The number of ketones is 1. The number of halogens is 1. The minimum absolute atomic E-state index is 0.0679. The first kappa shape index (κ1) is 21.1. The first-order chi connectivity index (χ1) is 15.9. The van der Waals surface area contributed by atoms with E-state index in [0.717, 1.165) is 28.2 Å². The molecule has 166 valence electrons. The van der Waals surface area contributed by atoms with E-state index in [2.05, 4.69) is 5.32 Å². The van der Waals surface area contributed by atoms with Crippen LogP contribution < -0.4 is 10.2 Å². The van der Waals surface area contributed by atoms with Crippen molar-refractivity contribution in [1.82, 2.24) is 0 Å². The van der Waals surface area contributed by atoms with Gasteiger partial charge in [-0.2, -0.15) is 0 Å². The number of amides is 1. The normalized spacial score (nSPS) is 20.0. The second-order valence-electron chi connectivity index (χ2n) is 8.79.